The molecule has 0 atom stereocenters. The Hall–Kier alpha value is -2.57. The molecule has 1 saturated carbocycles. The van der Waals surface area contributed by atoms with Gasteiger partial charge in [0.25, 0.3) is 5.91 Å². The lowest BCUT2D eigenvalue weighted by molar-refractivity contribution is -0.123. The first kappa shape index (κ1) is 23.1. The maximum Gasteiger partial charge on any atom is 0.254 e. The molecule has 3 rings (SSSR count). The van der Waals surface area contributed by atoms with Crippen LogP contribution in [-0.4, -0.2) is 55.9 Å². The van der Waals surface area contributed by atoms with Crippen molar-refractivity contribution in [3.05, 3.63) is 35.4 Å². The fourth-order valence-corrected chi connectivity index (χ4v) is 4.88. The zero-order chi connectivity index (χ0) is 22.3. The van der Waals surface area contributed by atoms with Crippen LogP contribution in [0.1, 0.15) is 61.9 Å². The molecule has 31 heavy (non-hydrogen) atoms. The van der Waals surface area contributed by atoms with E-state index in [1.807, 2.05) is 24.3 Å². The van der Waals surface area contributed by atoms with Crippen LogP contribution >= 0.6 is 0 Å². The number of nitrogens with zero attached hydrogens (tertiary/aromatic N) is 2. The molecule has 2 amide bonds. The zero-order valence-corrected chi connectivity index (χ0v) is 19.2. The Morgan fingerprint density at radius 2 is 1.90 bits per heavy atom. The minimum atomic E-state index is -0.105. The minimum absolute atomic E-state index is 0.0983. The summed E-state index contributed by atoms with van der Waals surface area (Å²) < 4.78 is 0. The number of aliphatic imine (C=N–C) groups is 1. The second-order valence-corrected chi connectivity index (χ2v) is 9.36. The first-order valence-electron chi connectivity index (χ1n) is 11.5. The van der Waals surface area contributed by atoms with Crippen LogP contribution in [0.5, 0.6) is 0 Å². The van der Waals surface area contributed by atoms with Gasteiger partial charge in [-0.05, 0) is 48.3 Å². The molecule has 0 aromatic heterocycles. The van der Waals surface area contributed by atoms with Crippen LogP contribution in [0.3, 0.4) is 0 Å². The van der Waals surface area contributed by atoms with Gasteiger partial charge in [0.05, 0.1) is 6.54 Å². The average molecular weight is 428 g/mol. The summed E-state index contributed by atoms with van der Waals surface area (Å²) in [6.07, 6.45) is 6.50. The van der Waals surface area contributed by atoms with E-state index in [0.29, 0.717) is 36.5 Å². The van der Waals surface area contributed by atoms with Crippen LogP contribution in [0, 0.1) is 11.3 Å². The molecule has 1 saturated heterocycles. The van der Waals surface area contributed by atoms with Crippen molar-refractivity contribution in [3.63, 3.8) is 0 Å². The summed E-state index contributed by atoms with van der Waals surface area (Å²) in [4.78, 5) is 30.1. The molecular formula is C24H37N5O2. The molecule has 1 aliphatic carbocycles. The molecule has 1 aromatic carbocycles. The van der Waals surface area contributed by atoms with Gasteiger partial charge < -0.3 is 20.9 Å². The molecule has 0 radical (unpaired) electrons. The Bertz CT molecular complexity index is 782. The van der Waals surface area contributed by atoms with Gasteiger partial charge in [-0.25, -0.2) is 0 Å². The molecule has 170 valence electrons. The highest BCUT2D eigenvalue weighted by atomic mass is 16.2. The monoisotopic (exact) mass is 427 g/mol. The molecular weight excluding hydrogens is 390 g/mol. The van der Waals surface area contributed by atoms with Gasteiger partial charge in [-0.15, -0.1) is 0 Å². The second kappa shape index (κ2) is 10.6. The van der Waals surface area contributed by atoms with E-state index >= 15 is 0 Å². The maximum absolute atomic E-state index is 12.6. The zero-order valence-electron chi connectivity index (χ0n) is 19.2. The van der Waals surface area contributed by atoms with Crippen LogP contribution in [0.2, 0.25) is 0 Å². The first-order chi connectivity index (χ1) is 14.9. The summed E-state index contributed by atoms with van der Waals surface area (Å²) in [7, 11) is 1.80. The molecule has 0 unspecified atom stereocenters. The number of hydrogen-bond acceptors (Lipinski definition) is 3. The summed E-state index contributed by atoms with van der Waals surface area (Å²) in [6, 6.07) is 7.57. The largest absolute Gasteiger partial charge is 0.356 e. The molecule has 7 heteroatoms. The van der Waals surface area contributed by atoms with Gasteiger partial charge in [0.15, 0.2) is 5.96 Å². The van der Waals surface area contributed by atoms with Gasteiger partial charge in [-0.2, -0.15) is 0 Å². The number of benzene rings is 1. The highest BCUT2D eigenvalue weighted by Crippen LogP contribution is 2.42. The summed E-state index contributed by atoms with van der Waals surface area (Å²) in [6.45, 7) is 7.40. The van der Waals surface area contributed by atoms with Crippen molar-refractivity contribution >= 4 is 17.8 Å². The van der Waals surface area contributed by atoms with E-state index in [1.54, 1.807) is 11.9 Å². The van der Waals surface area contributed by atoms with Crippen LogP contribution in [0.4, 0.5) is 0 Å². The predicted octanol–water partition coefficient (Wildman–Crippen LogP) is 2.53. The van der Waals surface area contributed by atoms with E-state index < -0.39 is 0 Å². The fourth-order valence-electron chi connectivity index (χ4n) is 4.88. The Morgan fingerprint density at radius 3 is 2.52 bits per heavy atom. The summed E-state index contributed by atoms with van der Waals surface area (Å²) in [5.74, 6) is 1.32. The highest BCUT2D eigenvalue weighted by molar-refractivity contribution is 5.97. The summed E-state index contributed by atoms with van der Waals surface area (Å²) in [5.41, 5.74) is 2.07. The van der Waals surface area contributed by atoms with Gasteiger partial charge in [0.1, 0.15) is 0 Å². The minimum Gasteiger partial charge on any atom is -0.356 e. The van der Waals surface area contributed by atoms with Gasteiger partial charge in [0, 0.05) is 38.8 Å². The third kappa shape index (κ3) is 6.45. The molecule has 2 aliphatic rings. The SMILES string of the molecule is CN=C(NCc1ccc(C(=O)N2CCNC(=O)C2)cc1)NCC1(CC(C)C)CCCC1. The van der Waals surface area contributed by atoms with E-state index in [4.69, 9.17) is 0 Å². The Kier molecular flexibility index (Phi) is 7.93. The molecule has 0 bridgehead atoms. The van der Waals surface area contributed by atoms with E-state index in [0.717, 1.165) is 18.1 Å². The molecule has 3 N–H and O–H groups in total. The Labute approximate surface area is 186 Å². The molecule has 1 aromatic rings. The van der Waals surface area contributed by atoms with Crippen molar-refractivity contribution in [2.45, 2.75) is 52.5 Å². The van der Waals surface area contributed by atoms with Gasteiger partial charge in [0.2, 0.25) is 5.91 Å². The van der Waals surface area contributed by atoms with Gasteiger partial charge in [-0.3, -0.25) is 14.6 Å². The predicted molar refractivity (Wildman–Crippen MR) is 124 cm³/mol. The number of nitrogens with one attached hydrogen (secondary N) is 3. The molecule has 1 heterocycles. The van der Waals surface area contributed by atoms with Crippen molar-refractivity contribution in [1.29, 1.82) is 0 Å². The van der Waals surface area contributed by atoms with E-state index in [1.165, 1.54) is 32.1 Å². The Morgan fingerprint density at radius 1 is 1.19 bits per heavy atom. The topological polar surface area (TPSA) is 85.8 Å². The van der Waals surface area contributed by atoms with Crippen LogP contribution in [0.15, 0.2) is 29.3 Å². The van der Waals surface area contributed by atoms with E-state index in [2.05, 4.69) is 34.8 Å². The smallest absolute Gasteiger partial charge is 0.254 e. The fraction of sp³-hybridized carbons (Fsp3) is 0.625. The van der Waals surface area contributed by atoms with Crippen LogP contribution in [0.25, 0.3) is 0 Å². The number of guanidine groups is 1. The summed E-state index contributed by atoms with van der Waals surface area (Å²) >= 11 is 0. The number of piperazine rings is 1. The molecule has 7 nitrogen and oxygen atoms in total. The molecule has 1 aliphatic heterocycles. The lowest BCUT2D eigenvalue weighted by Gasteiger charge is -2.32. The third-order valence-corrected chi connectivity index (χ3v) is 6.35. The summed E-state index contributed by atoms with van der Waals surface area (Å²) in [5, 5.41) is 9.67. The highest BCUT2D eigenvalue weighted by Gasteiger charge is 2.34. The van der Waals surface area contributed by atoms with E-state index in [9.17, 15) is 9.59 Å². The van der Waals surface area contributed by atoms with Crippen LogP contribution in [-0.2, 0) is 11.3 Å². The number of rotatable bonds is 7. The van der Waals surface area contributed by atoms with Gasteiger partial charge in [-0.1, -0.05) is 38.8 Å². The van der Waals surface area contributed by atoms with Crippen molar-refractivity contribution in [2.24, 2.45) is 16.3 Å². The molecule has 2 fully saturated rings. The lowest BCUT2D eigenvalue weighted by Crippen LogP contribution is -2.49. The van der Waals surface area contributed by atoms with Gasteiger partial charge >= 0.3 is 0 Å². The average Bonchev–Trinajstić information content (AvgIpc) is 3.21. The Balaban J connectivity index is 1.50. The molecule has 0 spiro atoms. The number of amides is 2. The number of carbonyl (C=O) groups is 2. The van der Waals surface area contributed by atoms with Crippen LogP contribution < -0.4 is 16.0 Å². The quantitative estimate of drug-likeness (QED) is 0.461. The number of hydrogen-bond donors (Lipinski definition) is 3. The normalized spacial score (nSPS) is 18.8. The van der Waals surface area contributed by atoms with Crippen molar-refractivity contribution in [1.82, 2.24) is 20.9 Å². The maximum atomic E-state index is 12.6. The second-order valence-electron chi connectivity index (χ2n) is 9.36. The van der Waals surface area contributed by atoms with Crippen molar-refractivity contribution in [2.75, 3.05) is 33.2 Å². The lowest BCUT2D eigenvalue weighted by atomic mass is 9.78. The van der Waals surface area contributed by atoms with Crippen molar-refractivity contribution < 1.29 is 9.59 Å². The van der Waals surface area contributed by atoms with Crippen molar-refractivity contribution in [3.8, 4) is 0 Å². The van der Waals surface area contributed by atoms with E-state index in [-0.39, 0.29) is 18.4 Å². The third-order valence-electron chi connectivity index (χ3n) is 6.35. The standard InChI is InChI=1S/C24H37N5O2/c1-18(2)14-24(10-4-5-11-24)17-28-23(25-3)27-15-19-6-8-20(9-7-19)22(31)29-13-12-26-21(30)16-29/h6-9,18H,4-5,10-17H2,1-3H3,(H,26,30)(H2,25,27,28). The number of carbonyl (C=O) groups excluding carboxylic acids is 2. The first-order valence-corrected chi connectivity index (χ1v) is 11.5.